The number of hydrogen-bond donors (Lipinski definition) is 1. The fourth-order valence-electron chi connectivity index (χ4n) is 2.34. The average Bonchev–Trinajstić information content (AvgIpc) is 2.68. The molecule has 0 radical (unpaired) electrons. The van der Waals surface area contributed by atoms with Crippen molar-refractivity contribution in [3.63, 3.8) is 0 Å². The van der Waals surface area contributed by atoms with Gasteiger partial charge in [0.15, 0.2) is 0 Å². The third-order valence-electron chi connectivity index (χ3n) is 3.32. The zero-order valence-corrected chi connectivity index (χ0v) is 11.3. The van der Waals surface area contributed by atoms with Gasteiger partial charge in [-0.1, -0.05) is 12.1 Å². The van der Waals surface area contributed by atoms with Gasteiger partial charge in [0, 0.05) is 0 Å². The van der Waals surface area contributed by atoms with Crippen molar-refractivity contribution >= 4 is 0 Å². The van der Waals surface area contributed by atoms with Gasteiger partial charge in [0.25, 0.3) is 0 Å². The highest BCUT2D eigenvalue weighted by molar-refractivity contribution is 5.28. The summed E-state index contributed by atoms with van der Waals surface area (Å²) in [7, 11) is 0. The van der Waals surface area contributed by atoms with Gasteiger partial charge in [0.2, 0.25) is 0 Å². The maximum absolute atomic E-state index is 5.90. The van der Waals surface area contributed by atoms with Gasteiger partial charge in [-0.15, -0.1) is 0 Å². The van der Waals surface area contributed by atoms with Crippen molar-refractivity contribution in [1.82, 2.24) is 0 Å². The van der Waals surface area contributed by atoms with Crippen LogP contribution in [-0.4, -0.2) is 24.9 Å². The van der Waals surface area contributed by atoms with Crippen molar-refractivity contribution in [2.75, 3.05) is 13.2 Å². The van der Waals surface area contributed by atoms with E-state index in [1.165, 1.54) is 5.56 Å². The quantitative estimate of drug-likeness (QED) is 0.872. The molecule has 1 aromatic carbocycles. The lowest BCUT2D eigenvalue weighted by atomic mass is 10.1. The minimum atomic E-state index is 0.00935. The summed E-state index contributed by atoms with van der Waals surface area (Å²) in [4.78, 5) is 0. The fourth-order valence-corrected chi connectivity index (χ4v) is 2.34. The summed E-state index contributed by atoms with van der Waals surface area (Å²) in [5, 5.41) is 0. The normalized spacial score (nSPS) is 22.1. The SMILES string of the molecule is CC1(C)CCC(COc2cccc(CCN)c2)O1. The number of rotatable bonds is 5. The molecular formula is C15H23NO2. The van der Waals surface area contributed by atoms with E-state index in [2.05, 4.69) is 26.0 Å². The standard InChI is InChI=1S/C15H23NO2/c1-15(2)8-6-14(18-15)11-17-13-5-3-4-12(10-13)7-9-16/h3-5,10,14H,6-9,11,16H2,1-2H3. The lowest BCUT2D eigenvalue weighted by molar-refractivity contribution is -0.0326. The summed E-state index contributed by atoms with van der Waals surface area (Å²) in [6, 6.07) is 8.14. The van der Waals surface area contributed by atoms with Gasteiger partial charge >= 0.3 is 0 Å². The van der Waals surface area contributed by atoms with Crippen LogP contribution < -0.4 is 10.5 Å². The highest BCUT2D eigenvalue weighted by Crippen LogP contribution is 2.29. The second-order valence-corrected chi connectivity index (χ2v) is 5.54. The minimum absolute atomic E-state index is 0.00935. The predicted octanol–water partition coefficient (Wildman–Crippen LogP) is 2.52. The molecule has 1 fully saturated rings. The summed E-state index contributed by atoms with van der Waals surface area (Å²) < 4.78 is 11.7. The van der Waals surface area contributed by atoms with E-state index in [0.29, 0.717) is 13.2 Å². The number of hydrogen-bond acceptors (Lipinski definition) is 3. The van der Waals surface area contributed by atoms with Crippen LogP contribution in [0.1, 0.15) is 32.3 Å². The van der Waals surface area contributed by atoms with Crippen LogP contribution in [-0.2, 0) is 11.2 Å². The van der Waals surface area contributed by atoms with Crippen LogP contribution >= 0.6 is 0 Å². The Hall–Kier alpha value is -1.06. The highest BCUT2D eigenvalue weighted by atomic mass is 16.6. The molecule has 0 aromatic heterocycles. The lowest BCUT2D eigenvalue weighted by Crippen LogP contribution is -2.23. The first-order chi connectivity index (χ1) is 8.59. The van der Waals surface area contributed by atoms with Crippen molar-refractivity contribution in [2.45, 2.75) is 44.8 Å². The molecule has 1 unspecified atom stereocenters. The topological polar surface area (TPSA) is 44.5 Å². The molecule has 0 saturated carbocycles. The molecule has 3 heteroatoms. The number of nitrogens with two attached hydrogens (primary N) is 1. The van der Waals surface area contributed by atoms with Gasteiger partial charge in [-0.2, -0.15) is 0 Å². The number of benzene rings is 1. The predicted molar refractivity (Wildman–Crippen MR) is 72.9 cm³/mol. The number of ether oxygens (including phenoxy) is 2. The molecule has 0 bridgehead atoms. The van der Waals surface area contributed by atoms with E-state index in [9.17, 15) is 0 Å². The molecule has 1 aromatic rings. The van der Waals surface area contributed by atoms with Crippen molar-refractivity contribution in [3.05, 3.63) is 29.8 Å². The first kappa shape index (κ1) is 13.4. The van der Waals surface area contributed by atoms with Crippen molar-refractivity contribution in [1.29, 1.82) is 0 Å². The molecule has 0 aliphatic carbocycles. The molecule has 1 heterocycles. The van der Waals surface area contributed by atoms with Gasteiger partial charge in [-0.25, -0.2) is 0 Å². The summed E-state index contributed by atoms with van der Waals surface area (Å²) in [5.41, 5.74) is 6.79. The molecule has 18 heavy (non-hydrogen) atoms. The Morgan fingerprint density at radius 1 is 1.44 bits per heavy atom. The Labute approximate surface area is 109 Å². The van der Waals surface area contributed by atoms with E-state index in [1.54, 1.807) is 0 Å². The zero-order chi connectivity index (χ0) is 13.0. The van der Waals surface area contributed by atoms with E-state index >= 15 is 0 Å². The second-order valence-electron chi connectivity index (χ2n) is 5.54. The monoisotopic (exact) mass is 249 g/mol. The van der Waals surface area contributed by atoms with Gasteiger partial charge in [0.1, 0.15) is 12.4 Å². The van der Waals surface area contributed by atoms with Crippen molar-refractivity contribution < 1.29 is 9.47 Å². The second kappa shape index (κ2) is 5.72. The van der Waals surface area contributed by atoms with E-state index < -0.39 is 0 Å². The molecule has 0 spiro atoms. The summed E-state index contributed by atoms with van der Waals surface area (Å²) >= 11 is 0. The maximum Gasteiger partial charge on any atom is 0.119 e. The van der Waals surface area contributed by atoms with Crippen LogP contribution in [0.25, 0.3) is 0 Å². The van der Waals surface area contributed by atoms with Crippen LogP contribution in [0.15, 0.2) is 24.3 Å². The third-order valence-corrected chi connectivity index (χ3v) is 3.32. The van der Waals surface area contributed by atoms with Crippen molar-refractivity contribution in [3.8, 4) is 5.75 Å². The smallest absolute Gasteiger partial charge is 0.119 e. The Morgan fingerprint density at radius 2 is 2.28 bits per heavy atom. The zero-order valence-electron chi connectivity index (χ0n) is 11.3. The van der Waals surface area contributed by atoms with E-state index in [1.807, 2.05) is 12.1 Å². The Morgan fingerprint density at radius 3 is 2.94 bits per heavy atom. The molecule has 1 aliphatic heterocycles. The molecule has 0 amide bonds. The Kier molecular flexibility index (Phi) is 4.25. The Balaban J connectivity index is 1.85. The molecule has 1 aliphatic rings. The molecule has 3 nitrogen and oxygen atoms in total. The summed E-state index contributed by atoms with van der Waals surface area (Å²) in [6.07, 6.45) is 3.30. The van der Waals surface area contributed by atoms with E-state index in [-0.39, 0.29) is 11.7 Å². The average molecular weight is 249 g/mol. The fraction of sp³-hybridized carbons (Fsp3) is 0.600. The first-order valence-electron chi connectivity index (χ1n) is 6.69. The minimum Gasteiger partial charge on any atom is -0.491 e. The van der Waals surface area contributed by atoms with E-state index in [0.717, 1.165) is 25.0 Å². The lowest BCUT2D eigenvalue weighted by Gasteiger charge is -2.19. The summed E-state index contributed by atoms with van der Waals surface area (Å²) in [5.74, 6) is 0.911. The third kappa shape index (κ3) is 3.72. The molecule has 1 atom stereocenters. The van der Waals surface area contributed by atoms with Gasteiger partial charge in [0.05, 0.1) is 11.7 Å². The largest absolute Gasteiger partial charge is 0.491 e. The highest BCUT2D eigenvalue weighted by Gasteiger charge is 2.31. The van der Waals surface area contributed by atoms with Gasteiger partial charge in [-0.3, -0.25) is 0 Å². The summed E-state index contributed by atoms with van der Waals surface area (Å²) in [6.45, 7) is 5.57. The van der Waals surface area contributed by atoms with Crippen LogP contribution in [0, 0.1) is 0 Å². The van der Waals surface area contributed by atoms with E-state index in [4.69, 9.17) is 15.2 Å². The maximum atomic E-state index is 5.90. The molecule has 2 rings (SSSR count). The van der Waals surface area contributed by atoms with Crippen LogP contribution in [0.3, 0.4) is 0 Å². The Bertz CT molecular complexity index is 390. The van der Waals surface area contributed by atoms with Crippen LogP contribution in [0.2, 0.25) is 0 Å². The van der Waals surface area contributed by atoms with Crippen molar-refractivity contribution in [2.24, 2.45) is 5.73 Å². The van der Waals surface area contributed by atoms with Gasteiger partial charge in [-0.05, 0) is 57.4 Å². The first-order valence-corrected chi connectivity index (χ1v) is 6.69. The van der Waals surface area contributed by atoms with Crippen LogP contribution in [0.5, 0.6) is 5.75 Å². The van der Waals surface area contributed by atoms with Gasteiger partial charge < -0.3 is 15.2 Å². The van der Waals surface area contributed by atoms with Crippen LogP contribution in [0.4, 0.5) is 0 Å². The molecule has 100 valence electrons. The molecule has 2 N–H and O–H groups in total. The molecule has 1 saturated heterocycles. The molecular weight excluding hydrogens is 226 g/mol.